The van der Waals surface area contributed by atoms with Gasteiger partial charge in [-0.1, -0.05) is 46.8 Å². The van der Waals surface area contributed by atoms with Gasteiger partial charge in [0, 0.05) is 16.8 Å². The molecule has 1 aromatic carbocycles. The molecule has 16 heavy (non-hydrogen) atoms. The molecule has 0 radical (unpaired) electrons. The molecule has 0 N–H and O–H groups in total. The molecule has 1 saturated carbocycles. The van der Waals surface area contributed by atoms with Crippen LogP contribution in [0.3, 0.4) is 0 Å². The summed E-state index contributed by atoms with van der Waals surface area (Å²) in [6, 6.07) is 8.28. The van der Waals surface area contributed by atoms with E-state index in [-0.39, 0.29) is 5.92 Å². The molecule has 2 heteroatoms. The van der Waals surface area contributed by atoms with Crippen molar-refractivity contribution in [3.8, 4) is 0 Å². The van der Waals surface area contributed by atoms with Gasteiger partial charge in [-0.15, -0.1) is 0 Å². The first-order valence-corrected chi connectivity index (χ1v) is 6.42. The maximum absolute atomic E-state index is 11.5. The number of hydrogen-bond acceptors (Lipinski definition) is 1. The molecular formula is C14H15BrO. The fourth-order valence-corrected chi connectivity index (χ4v) is 2.47. The number of benzene rings is 1. The van der Waals surface area contributed by atoms with Crippen molar-refractivity contribution >= 4 is 26.2 Å². The van der Waals surface area contributed by atoms with E-state index in [0.29, 0.717) is 5.78 Å². The van der Waals surface area contributed by atoms with Gasteiger partial charge < -0.3 is 0 Å². The summed E-state index contributed by atoms with van der Waals surface area (Å²) in [6.45, 7) is 3.83. The van der Waals surface area contributed by atoms with Crippen LogP contribution in [0.25, 0.3) is 4.48 Å². The third-order valence-electron chi connectivity index (χ3n) is 3.18. The van der Waals surface area contributed by atoms with Crippen LogP contribution in [-0.2, 0) is 11.2 Å². The highest BCUT2D eigenvalue weighted by molar-refractivity contribution is 9.15. The first-order chi connectivity index (χ1) is 7.66. The van der Waals surface area contributed by atoms with Gasteiger partial charge >= 0.3 is 0 Å². The number of rotatable bonds is 3. The van der Waals surface area contributed by atoms with Gasteiger partial charge in [0.25, 0.3) is 0 Å². The van der Waals surface area contributed by atoms with Crippen molar-refractivity contribution in [2.45, 2.75) is 25.7 Å². The average Bonchev–Trinajstić information content (AvgIpc) is 2.65. The van der Waals surface area contributed by atoms with Gasteiger partial charge in [-0.05, 0) is 30.4 Å². The Kier molecular flexibility index (Phi) is 3.59. The van der Waals surface area contributed by atoms with Crippen molar-refractivity contribution in [3.05, 3.63) is 42.0 Å². The van der Waals surface area contributed by atoms with Crippen LogP contribution in [0, 0.1) is 5.92 Å². The lowest BCUT2D eigenvalue weighted by Crippen LogP contribution is -2.09. The molecule has 1 atom stereocenters. The molecular weight excluding hydrogens is 264 g/mol. The Hall–Kier alpha value is -0.890. The van der Waals surface area contributed by atoms with Gasteiger partial charge in [-0.3, -0.25) is 4.79 Å². The Morgan fingerprint density at radius 1 is 1.38 bits per heavy atom. The third-order valence-corrected chi connectivity index (χ3v) is 3.64. The molecule has 0 aromatic heterocycles. The van der Waals surface area contributed by atoms with E-state index in [9.17, 15) is 4.79 Å². The van der Waals surface area contributed by atoms with E-state index < -0.39 is 0 Å². The summed E-state index contributed by atoms with van der Waals surface area (Å²) in [7, 11) is 0. The standard InChI is InChI=1S/C14H15BrO/c1-10(15)12-7-5-11(6-8-12)9-13-3-2-4-14(13)16/h5-8,13H,1-4,9H2. The lowest BCUT2D eigenvalue weighted by atomic mass is 9.96. The fourth-order valence-electron chi connectivity index (χ4n) is 2.21. The van der Waals surface area contributed by atoms with E-state index in [2.05, 4.69) is 34.6 Å². The molecule has 0 bridgehead atoms. The number of carbonyl (C=O) groups excluding carboxylic acids is 1. The maximum atomic E-state index is 11.5. The second-order valence-electron chi connectivity index (χ2n) is 4.36. The number of carbonyl (C=O) groups is 1. The quantitative estimate of drug-likeness (QED) is 0.818. The van der Waals surface area contributed by atoms with Crippen molar-refractivity contribution in [1.29, 1.82) is 0 Å². The van der Waals surface area contributed by atoms with Gasteiger partial charge in [0.1, 0.15) is 5.78 Å². The topological polar surface area (TPSA) is 17.1 Å². The molecule has 1 nitrogen and oxygen atoms in total. The summed E-state index contributed by atoms with van der Waals surface area (Å²) < 4.78 is 0.899. The van der Waals surface area contributed by atoms with Crippen LogP contribution in [0.5, 0.6) is 0 Å². The second kappa shape index (κ2) is 4.96. The number of hydrogen-bond donors (Lipinski definition) is 0. The molecule has 1 unspecified atom stereocenters. The van der Waals surface area contributed by atoms with Crippen LogP contribution in [0.1, 0.15) is 30.4 Å². The van der Waals surface area contributed by atoms with E-state index in [4.69, 9.17) is 0 Å². The highest BCUT2D eigenvalue weighted by Gasteiger charge is 2.24. The summed E-state index contributed by atoms with van der Waals surface area (Å²) in [4.78, 5) is 11.5. The first kappa shape index (κ1) is 11.6. The van der Waals surface area contributed by atoms with Gasteiger partial charge in [0.05, 0.1) is 0 Å². The van der Waals surface area contributed by atoms with Gasteiger partial charge in [0.15, 0.2) is 0 Å². The minimum Gasteiger partial charge on any atom is -0.299 e. The van der Waals surface area contributed by atoms with Gasteiger partial charge in [0.2, 0.25) is 0 Å². The molecule has 0 heterocycles. The summed E-state index contributed by atoms with van der Waals surface area (Å²) in [5.41, 5.74) is 2.35. The monoisotopic (exact) mass is 278 g/mol. The zero-order valence-corrected chi connectivity index (χ0v) is 10.8. The number of halogens is 1. The largest absolute Gasteiger partial charge is 0.299 e. The van der Waals surface area contributed by atoms with Crippen LogP contribution in [0.15, 0.2) is 30.8 Å². The summed E-state index contributed by atoms with van der Waals surface area (Å²) in [5, 5.41) is 0. The van der Waals surface area contributed by atoms with Crippen molar-refractivity contribution in [1.82, 2.24) is 0 Å². The molecule has 0 saturated heterocycles. The van der Waals surface area contributed by atoms with Gasteiger partial charge in [-0.25, -0.2) is 0 Å². The highest BCUT2D eigenvalue weighted by Crippen LogP contribution is 2.26. The molecule has 1 fully saturated rings. The Morgan fingerprint density at radius 2 is 2.06 bits per heavy atom. The zero-order valence-electron chi connectivity index (χ0n) is 9.21. The van der Waals surface area contributed by atoms with Crippen molar-refractivity contribution < 1.29 is 4.79 Å². The molecule has 2 rings (SSSR count). The molecule has 84 valence electrons. The lowest BCUT2D eigenvalue weighted by molar-refractivity contribution is -0.120. The third kappa shape index (κ3) is 2.62. The molecule has 0 spiro atoms. The summed E-state index contributed by atoms with van der Waals surface area (Å²) in [6.07, 6.45) is 3.81. The van der Waals surface area contributed by atoms with Crippen molar-refractivity contribution in [3.63, 3.8) is 0 Å². The van der Waals surface area contributed by atoms with E-state index in [1.54, 1.807) is 0 Å². The SMILES string of the molecule is C=C(Br)c1ccc(CC2CCCC2=O)cc1. The van der Waals surface area contributed by atoms with Crippen molar-refractivity contribution in [2.75, 3.05) is 0 Å². The Labute approximate surface area is 105 Å². The van der Waals surface area contributed by atoms with Crippen LogP contribution < -0.4 is 0 Å². The van der Waals surface area contributed by atoms with Crippen LogP contribution in [0.2, 0.25) is 0 Å². The van der Waals surface area contributed by atoms with Crippen LogP contribution in [0.4, 0.5) is 0 Å². The van der Waals surface area contributed by atoms with E-state index in [0.717, 1.165) is 35.7 Å². The lowest BCUT2D eigenvalue weighted by Gasteiger charge is -2.08. The minimum atomic E-state index is 0.262. The highest BCUT2D eigenvalue weighted by atomic mass is 79.9. The van der Waals surface area contributed by atoms with E-state index in [1.807, 2.05) is 12.1 Å². The molecule has 1 aliphatic carbocycles. The van der Waals surface area contributed by atoms with Crippen LogP contribution >= 0.6 is 15.9 Å². The van der Waals surface area contributed by atoms with Gasteiger partial charge in [-0.2, -0.15) is 0 Å². The Balaban J connectivity index is 2.05. The Bertz CT molecular complexity index is 405. The first-order valence-electron chi connectivity index (χ1n) is 5.63. The molecule has 0 amide bonds. The molecule has 1 aliphatic rings. The average molecular weight is 279 g/mol. The fraction of sp³-hybridized carbons (Fsp3) is 0.357. The minimum absolute atomic E-state index is 0.262. The number of Topliss-reactive ketones (excluding diaryl/α,β-unsaturated/α-hetero) is 1. The normalized spacial score (nSPS) is 20.1. The van der Waals surface area contributed by atoms with E-state index >= 15 is 0 Å². The Morgan fingerprint density at radius 3 is 2.56 bits per heavy atom. The van der Waals surface area contributed by atoms with E-state index in [1.165, 1.54) is 5.56 Å². The summed E-state index contributed by atoms with van der Waals surface area (Å²) >= 11 is 3.36. The predicted molar refractivity (Wildman–Crippen MR) is 70.5 cm³/mol. The molecule has 0 aliphatic heterocycles. The zero-order chi connectivity index (χ0) is 11.5. The summed E-state index contributed by atoms with van der Waals surface area (Å²) in [5.74, 6) is 0.701. The smallest absolute Gasteiger partial charge is 0.136 e. The van der Waals surface area contributed by atoms with Crippen LogP contribution in [-0.4, -0.2) is 5.78 Å². The van der Waals surface area contributed by atoms with Crippen molar-refractivity contribution in [2.24, 2.45) is 5.92 Å². The maximum Gasteiger partial charge on any atom is 0.136 e. The molecule has 1 aromatic rings. The second-order valence-corrected chi connectivity index (χ2v) is 5.32. The number of ketones is 1. The predicted octanol–water partition coefficient (Wildman–Crippen LogP) is 3.96.